The first kappa shape index (κ1) is 102. The first-order chi connectivity index (χ1) is 50.3. The topological polar surface area (TPSA) is 237 Å². The van der Waals surface area contributed by atoms with Gasteiger partial charge in [0.1, 0.15) is 19.3 Å². The Balaban J connectivity index is 5.19. The molecule has 0 fully saturated rings. The van der Waals surface area contributed by atoms with Crippen LogP contribution in [0.15, 0.2) is 0 Å². The minimum atomic E-state index is -4.97. The Morgan fingerprint density at radius 1 is 0.279 bits per heavy atom. The van der Waals surface area contributed by atoms with Crippen LogP contribution in [0.25, 0.3) is 0 Å². The van der Waals surface area contributed by atoms with Gasteiger partial charge in [0, 0.05) is 25.7 Å². The minimum Gasteiger partial charge on any atom is -0.462 e. The number of ether oxygens (including phenoxy) is 4. The lowest BCUT2D eigenvalue weighted by Gasteiger charge is -2.21. The molecule has 4 unspecified atom stereocenters. The van der Waals surface area contributed by atoms with Gasteiger partial charge in [0.2, 0.25) is 0 Å². The Kier molecular flexibility index (Phi) is 73.7. The SMILES string of the molecule is CCCCCCCCCCCCCCCCCCCCCCCC(=O)OC[C@H](COP(=O)(O)OC[C@@H](O)COP(=O)(O)OC[C@@H](COC(=O)CCCCCCCCC(C)CC)OC(=O)CCCCCCCCCCC(C)C)OC(=O)CCCCCCCCCCCCCCCCCCCCC(C)CC. The van der Waals surface area contributed by atoms with Gasteiger partial charge in [-0.1, -0.05) is 395 Å². The number of carbonyl (C=O) groups excluding carboxylic acids is 4. The van der Waals surface area contributed by atoms with Gasteiger partial charge in [0.05, 0.1) is 26.4 Å². The van der Waals surface area contributed by atoms with Crippen molar-refractivity contribution in [1.29, 1.82) is 0 Å². The quantitative estimate of drug-likeness (QED) is 0.0222. The number of aliphatic hydroxyl groups excluding tert-OH is 1. The third-order valence-electron chi connectivity index (χ3n) is 20.6. The lowest BCUT2D eigenvalue weighted by molar-refractivity contribution is -0.161. The van der Waals surface area contributed by atoms with Gasteiger partial charge in [0.25, 0.3) is 0 Å². The van der Waals surface area contributed by atoms with Gasteiger partial charge in [-0.2, -0.15) is 0 Å². The van der Waals surface area contributed by atoms with Crippen molar-refractivity contribution in [3.05, 3.63) is 0 Å². The maximum Gasteiger partial charge on any atom is 0.472 e. The predicted octanol–water partition coefficient (Wildman–Crippen LogP) is 25.7. The van der Waals surface area contributed by atoms with E-state index < -0.39 is 97.5 Å². The number of phosphoric acid groups is 2. The van der Waals surface area contributed by atoms with E-state index in [4.69, 9.17) is 37.0 Å². The van der Waals surface area contributed by atoms with Crippen LogP contribution in [0, 0.1) is 17.8 Å². The molecule has 0 aromatic heterocycles. The third kappa shape index (κ3) is 75.5. The van der Waals surface area contributed by atoms with Gasteiger partial charge in [-0.15, -0.1) is 0 Å². The van der Waals surface area contributed by atoms with Crippen LogP contribution in [0.4, 0.5) is 0 Å². The second-order valence-electron chi connectivity index (χ2n) is 31.5. The normalized spacial score (nSPS) is 14.4. The molecule has 0 rings (SSSR count). The summed E-state index contributed by atoms with van der Waals surface area (Å²) in [5.74, 6) is 0.208. The first-order valence-corrected chi connectivity index (χ1v) is 46.9. The fraction of sp³-hybridized carbons (Fsp3) is 0.953. The largest absolute Gasteiger partial charge is 0.472 e. The van der Waals surface area contributed by atoms with Crippen LogP contribution < -0.4 is 0 Å². The maximum absolute atomic E-state index is 13.1. The summed E-state index contributed by atoms with van der Waals surface area (Å²) < 4.78 is 68.8. The summed E-state index contributed by atoms with van der Waals surface area (Å²) in [5.41, 5.74) is 0. The van der Waals surface area contributed by atoms with Crippen molar-refractivity contribution in [3.63, 3.8) is 0 Å². The number of unbranched alkanes of at least 4 members (excludes halogenated alkanes) is 49. The molecule has 0 bridgehead atoms. The summed E-state index contributed by atoms with van der Waals surface area (Å²) in [5, 5.41) is 10.7. The maximum atomic E-state index is 13.1. The molecule has 0 amide bonds. The number of hydrogen-bond acceptors (Lipinski definition) is 15. The monoisotopic (exact) mass is 1520 g/mol. The zero-order valence-corrected chi connectivity index (χ0v) is 70.3. The van der Waals surface area contributed by atoms with Gasteiger partial charge in [-0.25, -0.2) is 9.13 Å². The fourth-order valence-corrected chi connectivity index (χ4v) is 14.7. The summed E-state index contributed by atoms with van der Waals surface area (Å²) in [7, 11) is -9.92. The Hall–Kier alpha value is -1.94. The highest BCUT2D eigenvalue weighted by Gasteiger charge is 2.30. The molecule has 0 radical (unpaired) electrons. The van der Waals surface area contributed by atoms with Crippen molar-refractivity contribution >= 4 is 39.5 Å². The molecule has 104 heavy (non-hydrogen) atoms. The van der Waals surface area contributed by atoms with E-state index in [9.17, 15) is 43.2 Å². The summed E-state index contributed by atoms with van der Waals surface area (Å²) >= 11 is 0. The van der Waals surface area contributed by atoms with Crippen molar-refractivity contribution in [1.82, 2.24) is 0 Å². The van der Waals surface area contributed by atoms with Crippen molar-refractivity contribution in [2.24, 2.45) is 17.8 Å². The van der Waals surface area contributed by atoms with E-state index in [-0.39, 0.29) is 25.7 Å². The second kappa shape index (κ2) is 75.1. The Bertz CT molecular complexity index is 2010. The zero-order chi connectivity index (χ0) is 76.5. The molecular formula is C85H166O17P2. The molecule has 3 N–H and O–H groups in total. The molecule has 0 heterocycles. The fourth-order valence-electron chi connectivity index (χ4n) is 13.1. The molecule has 17 nitrogen and oxygen atoms in total. The third-order valence-corrected chi connectivity index (χ3v) is 22.5. The Morgan fingerprint density at radius 2 is 0.490 bits per heavy atom. The van der Waals surface area contributed by atoms with Gasteiger partial charge >= 0.3 is 39.5 Å². The van der Waals surface area contributed by atoms with Crippen molar-refractivity contribution < 1.29 is 80.2 Å². The number of hydrogen-bond donors (Lipinski definition) is 3. The van der Waals surface area contributed by atoms with Crippen LogP contribution in [0.3, 0.4) is 0 Å². The molecule has 0 aliphatic carbocycles. The molecule has 0 aromatic carbocycles. The lowest BCUT2D eigenvalue weighted by Crippen LogP contribution is -2.30. The summed E-state index contributed by atoms with van der Waals surface area (Å²) in [6.45, 7) is 11.9. The molecule has 0 saturated heterocycles. The molecular weight excluding hydrogens is 1350 g/mol. The van der Waals surface area contributed by atoms with Crippen LogP contribution in [-0.2, 0) is 65.4 Å². The number of aliphatic hydroxyl groups is 1. The lowest BCUT2D eigenvalue weighted by atomic mass is 9.99. The Morgan fingerprint density at radius 3 is 0.731 bits per heavy atom. The number of carbonyl (C=O) groups is 4. The highest BCUT2D eigenvalue weighted by Crippen LogP contribution is 2.45. The van der Waals surface area contributed by atoms with Crippen molar-refractivity contribution in [3.8, 4) is 0 Å². The summed E-state index contributed by atoms with van der Waals surface area (Å²) in [6, 6.07) is 0. The van der Waals surface area contributed by atoms with E-state index in [1.807, 2.05) is 0 Å². The minimum absolute atomic E-state index is 0.104. The smallest absolute Gasteiger partial charge is 0.462 e. The van der Waals surface area contributed by atoms with Gasteiger partial charge in [-0.05, 0) is 43.4 Å². The predicted molar refractivity (Wildman–Crippen MR) is 428 cm³/mol. The number of phosphoric ester groups is 2. The van der Waals surface area contributed by atoms with E-state index in [0.717, 1.165) is 114 Å². The van der Waals surface area contributed by atoms with Crippen molar-refractivity contribution in [2.75, 3.05) is 39.6 Å². The second-order valence-corrected chi connectivity index (χ2v) is 34.4. The van der Waals surface area contributed by atoms with Crippen molar-refractivity contribution in [2.45, 2.75) is 465 Å². The van der Waals surface area contributed by atoms with E-state index >= 15 is 0 Å². The molecule has 0 saturated carbocycles. The van der Waals surface area contributed by atoms with Gasteiger partial charge in [0.15, 0.2) is 12.2 Å². The van der Waals surface area contributed by atoms with E-state index in [2.05, 4.69) is 48.5 Å². The first-order valence-electron chi connectivity index (χ1n) is 43.9. The van der Waals surface area contributed by atoms with E-state index in [0.29, 0.717) is 25.7 Å². The molecule has 19 heteroatoms. The molecule has 0 spiro atoms. The molecule has 7 atom stereocenters. The van der Waals surface area contributed by atoms with Crippen LogP contribution in [0.1, 0.15) is 447 Å². The van der Waals surface area contributed by atoms with Gasteiger partial charge in [-0.3, -0.25) is 37.3 Å². The standard InChI is InChI=1S/C85H166O17P2/c1-8-11-12-13-14-15-16-17-18-19-20-21-22-26-29-32-35-38-44-52-59-66-82(87)95-72-80(101-84(89)68-61-54-45-39-36-33-30-27-24-23-25-28-31-34-37-43-50-57-64-77(6)9-2)74-99-103(91,92)97-70-79(86)71-98-104(93,94)100-75-81(73-96-83(88)67-60-53-48-47-51-58-65-78(7)10-3)102-85(90)69-62-55-46-41-40-42-49-56-63-76(4)5/h76-81,86H,8-75H2,1-7H3,(H,91,92)(H,93,94)/t77?,78?,79-,80-,81-/m1/s1. The average Bonchev–Trinajstić information content (AvgIpc) is 0.909. The van der Waals surface area contributed by atoms with E-state index in [1.54, 1.807) is 0 Å². The summed E-state index contributed by atoms with van der Waals surface area (Å²) in [4.78, 5) is 73.1. The Labute approximate surface area is 638 Å². The highest BCUT2D eigenvalue weighted by atomic mass is 31.2. The van der Waals surface area contributed by atoms with E-state index in [1.165, 1.54) is 250 Å². The highest BCUT2D eigenvalue weighted by molar-refractivity contribution is 7.47. The molecule has 618 valence electrons. The summed E-state index contributed by atoms with van der Waals surface area (Å²) in [6.07, 6.45) is 65.6. The van der Waals surface area contributed by atoms with Crippen LogP contribution >= 0.6 is 15.6 Å². The molecule has 0 aliphatic heterocycles. The molecule has 0 aromatic rings. The van der Waals surface area contributed by atoms with Gasteiger partial charge < -0.3 is 33.8 Å². The molecule has 0 aliphatic rings. The number of esters is 4. The van der Waals surface area contributed by atoms with Crippen LogP contribution in [-0.4, -0.2) is 96.7 Å². The average molecular weight is 1520 g/mol. The zero-order valence-electron chi connectivity index (χ0n) is 68.5. The number of rotatable bonds is 83. The van der Waals surface area contributed by atoms with Crippen LogP contribution in [0.2, 0.25) is 0 Å². The van der Waals surface area contributed by atoms with Crippen LogP contribution in [0.5, 0.6) is 0 Å².